The van der Waals surface area contributed by atoms with Gasteiger partial charge in [0.2, 0.25) is 0 Å². The Hall–Kier alpha value is -1.28. The molecule has 17 heavy (non-hydrogen) atoms. The van der Waals surface area contributed by atoms with E-state index in [2.05, 4.69) is 36.7 Å². The van der Waals surface area contributed by atoms with Crippen molar-refractivity contribution in [2.75, 3.05) is 0 Å². The Morgan fingerprint density at radius 1 is 1.41 bits per heavy atom. The summed E-state index contributed by atoms with van der Waals surface area (Å²) in [6, 6.07) is 7.22. The Kier molecular flexibility index (Phi) is 2.48. The molecule has 1 aromatic carbocycles. The Morgan fingerprint density at radius 2 is 2.24 bits per heavy atom. The van der Waals surface area contributed by atoms with Crippen LogP contribution in [0.15, 0.2) is 18.2 Å². The number of nitrogens with zero attached hydrogens (tertiary/aromatic N) is 1. The van der Waals surface area contributed by atoms with E-state index in [1.54, 1.807) is 5.56 Å². The van der Waals surface area contributed by atoms with Gasteiger partial charge in [-0.25, -0.2) is 0 Å². The number of aryl methyl sites for hydroxylation is 3. The summed E-state index contributed by atoms with van der Waals surface area (Å²) in [4.78, 5) is 0. The molecule has 1 aromatic heterocycles. The highest BCUT2D eigenvalue weighted by Crippen LogP contribution is 2.31. The molecular formula is C15H20N2. The van der Waals surface area contributed by atoms with Gasteiger partial charge in [0, 0.05) is 36.1 Å². The van der Waals surface area contributed by atoms with Gasteiger partial charge in [0.25, 0.3) is 0 Å². The summed E-state index contributed by atoms with van der Waals surface area (Å²) in [5.41, 5.74) is 11.9. The van der Waals surface area contributed by atoms with Gasteiger partial charge in [-0.3, -0.25) is 0 Å². The lowest BCUT2D eigenvalue weighted by Crippen LogP contribution is -2.28. The maximum absolute atomic E-state index is 6.08. The van der Waals surface area contributed by atoms with E-state index in [0.717, 1.165) is 25.7 Å². The maximum Gasteiger partial charge on any atom is 0.0482 e. The molecule has 0 fully saturated rings. The fourth-order valence-electron chi connectivity index (χ4n) is 3.06. The monoisotopic (exact) mass is 228 g/mol. The number of nitrogens with two attached hydrogens (primary N) is 1. The molecule has 1 unspecified atom stereocenters. The zero-order valence-corrected chi connectivity index (χ0v) is 10.7. The van der Waals surface area contributed by atoms with E-state index in [1.807, 2.05) is 0 Å². The van der Waals surface area contributed by atoms with Crippen LogP contribution in [0.25, 0.3) is 10.9 Å². The first-order chi connectivity index (χ1) is 8.20. The molecule has 3 rings (SSSR count). The summed E-state index contributed by atoms with van der Waals surface area (Å²) in [6.07, 6.45) is 4.41. The lowest BCUT2D eigenvalue weighted by atomic mass is 9.92. The van der Waals surface area contributed by atoms with Crippen molar-refractivity contribution in [3.8, 4) is 0 Å². The third kappa shape index (κ3) is 1.59. The first-order valence-electron chi connectivity index (χ1n) is 6.55. The second-order valence-electron chi connectivity index (χ2n) is 5.19. The molecular weight excluding hydrogens is 208 g/mol. The second-order valence-corrected chi connectivity index (χ2v) is 5.19. The minimum atomic E-state index is 0.344. The smallest absolute Gasteiger partial charge is 0.0482 e. The number of benzene rings is 1. The molecule has 2 nitrogen and oxygen atoms in total. The van der Waals surface area contributed by atoms with Gasteiger partial charge in [0.1, 0.15) is 0 Å². The van der Waals surface area contributed by atoms with Gasteiger partial charge < -0.3 is 10.3 Å². The van der Waals surface area contributed by atoms with Gasteiger partial charge in [-0.05, 0) is 42.5 Å². The largest absolute Gasteiger partial charge is 0.347 e. The molecule has 1 aliphatic rings. The Bertz CT molecular complexity index is 566. The van der Waals surface area contributed by atoms with Crippen LogP contribution in [0.1, 0.15) is 30.2 Å². The third-order valence-electron chi connectivity index (χ3n) is 4.13. The standard InChI is InChI=1S/C15H20N2/c1-3-10-4-7-14-13(8-10)12-6-5-11(16)9-15(12)17(14)2/h4,7-8,11H,3,5-6,9,16H2,1-2H3. The predicted molar refractivity (Wildman–Crippen MR) is 72.3 cm³/mol. The van der Waals surface area contributed by atoms with Crippen LogP contribution in [-0.2, 0) is 26.3 Å². The minimum absolute atomic E-state index is 0.344. The van der Waals surface area contributed by atoms with Crippen molar-refractivity contribution in [2.24, 2.45) is 12.8 Å². The lowest BCUT2D eigenvalue weighted by molar-refractivity contribution is 0.558. The third-order valence-corrected chi connectivity index (χ3v) is 4.13. The number of hydrogen-bond donors (Lipinski definition) is 1. The van der Waals surface area contributed by atoms with Crippen molar-refractivity contribution in [2.45, 2.75) is 38.6 Å². The average Bonchev–Trinajstić information content (AvgIpc) is 2.62. The van der Waals surface area contributed by atoms with E-state index in [9.17, 15) is 0 Å². The molecule has 2 aromatic rings. The first kappa shape index (κ1) is 10.8. The maximum atomic E-state index is 6.08. The van der Waals surface area contributed by atoms with Gasteiger partial charge in [-0.2, -0.15) is 0 Å². The molecule has 0 radical (unpaired) electrons. The highest BCUT2D eigenvalue weighted by Gasteiger charge is 2.22. The average molecular weight is 228 g/mol. The van der Waals surface area contributed by atoms with Crippen molar-refractivity contribution in [1.82, 2.24) is 4.57 Å². The van der Waals surface area contributed by atoms with Crippen LogP contribution in [0, 0.1) is 0 Å². The van der Waals surface area contributed by atoms with E-state index in [0.29, 0.717) is 6.04 Å². The van der Waals surface area contributed by atoms with Crippen LogP contribution >= 0.6 is 0 Å². The second kappa shape index (κ2) is 3.88. The summed E-state index contributed by atoms with van der Waals surface area (Å²) >= 11 is 0. The van der Waals surface area contributed by atoms with E-state index < -0.39 is 0 Å². The van der Waals surface area contributed by atoms with Crippen LogP contribution in [0.5, 0.6) is 0 Å². The van der Waals surface area contributed by atoms with E-state index >= 15 is 0 Å². The van der Waals surface area contributed by atoms with Gasteiger partial charge >= 0.3 is 0 Å². The van der Waals surface area contributed by atoms with Crippen molar-refractivity contribution in [1.29, 1.82) is 0 Å². The number of hydrogen-bond acceptors (Lipinski definition) is 1. The molecule has 90 valence electrons. The zero-order chi connectivity index (χ0) is 12.0. The molecule has 1 aliphatic carbocycles. The molecule has 0 saturated carbocycles. The van der Waals surface area contributed by atoms with Crippen molar-refractivity contribution < 1.29 is 0 Å². The number of rotatable bonds is 1. The quantitative estimate of drug-likeness (QED) is 0.799. The van der Waals surface area contributed by atoms with Crippen molar-refractivity contribution >= 4 is 10.9 Å². The van der Waals surface area contributed by atoms with Crippen molar-refractivity contribution in [3.05, 3.63) is 35.0 Å². The van der Waals surface area contributed by atoms with Crippen LogP contribution in [-0.4, -0.2) is 10.6 Å². The fourth-order valence-corrected chi connectivity index (χ4v) is 3.06. The summed E-state index contributed by atoms with van der Waals surface area (Å²) in [5.74, 6) is 0. The predicted octanol–water partition coefficient (Wildman–Crippen LogP) is 2.56. The molecule has 0 bridgehead atoms. The molecule has 2 N–H and O–H groups in total. The minimum Gasteiger partial charge on any atom is -0.347 e. The Morgan fingerprint density at radius 3 is 3.00 bits per heavy atom. The van der Waals surface area contributed by atoms with Crippen LogP contribution in [0.4, 0.5) is 0 Å². The molecule has 0 saturated heterocycles. The fraction of sp³-hybridized carbons (Fsp3) is 0.467. The first-order valence-corrected chi connectivity index (χ1v) is 6.55. The Balaban J connectivity index is 2.26. The molecule has 2 heteroatoms. The molecule has 0 spiro atoms. The van der Waals surface area contributed by atoms with Gasteiger partial charge in [-0.15, -0.1) is 0 Å². The van der Waals surface area contributed by atoms with Gasteiger partial charge in [-0.1, -0.05) is 13.0 Å². The van der Waals surface area contributed by atoms with Crippen LogP contribution < -0.4 is 5.73 Å². The lowest BCUT2D eigenvalue weighted by Gasteiger charge is -2.19. The Labute approximate surface area is 102 Å². The summed E-state index contributed by atoms with van der Waals surface area (Å²) in [7, 11) is 2.17. The van der Waals surface area contributed by atoms with E-state index in [-0.39, 0.29) is 0 Å². The zero-order valence-electron chi connectivity index (χ0n) is 10.7. The van der Waals surface area contributed by atoms with Gasteiger partial charge in [0.15, 0.2) is 0 Å². The van der Waals surface area contributed by atoms with Crippen LogP contribution in [0.2, 0.25) is 0 Å². The molecule has 0 aliphatic heterocycles. The number of aromatic nitrogens is 1. The highest BCUT2D eigenvalue weighted by molar-refractivity contribution is 5.86. The van der Waals surface area contributed by atoms with Crippen molar-refractivity contribution in [3.63, 3.8) is 0 Å². The normalized spacial score (nSPS) is 19.6. The molecule has 0 amide bonds. The number of fused-ring (bicyclic) bond motifs is 3. The SMILES string of the molecule is CCc1ccc2c(c1)c1c(n2C)CC(N)CC1. The van der Waals surface area contributed by atoms with E-state index in [1.165, 1.54) is 22.2 Å². The van der Waals surface area contributed by atoms with Gasteiger partial charge in [0.05, 0.1) is 0 Å². The summed E-state index contributed by atoms with van der Waals surface area (Å²) < 4.78 is 2.34. The summed E-state index contributed by atoms with van der Waals surface area (Å²) in [5, 5.41) is 1.45. The molecule has 1 heterocycles. The highest BCUT2D eigenvalue weighted by atomic mass is 15.0. The summed E-state index contributed by atoms with van der Waals surface area (Å²) in [6.45, 7) is 2.21. The van der Waals surface area contributed by atoms with Crippen LogP contribution in [0.3, 0.4) is 0 Å². The topological polar surface area (TPSA) is 30.9 Å². The van der Waals surface area contributed by atoms with E-state index in [4.69, 9.17) is 5.73 Å². The molecule has 1 atom stereocenters.